The molecule has 0 radical (unpaired) electrons. The number of hydrogen-bond donors (Lipinski definition) is 0. The molecule has 0 fully saturated rings. The fourth-order valence-corrected chi connectivity index (χ4v) is 3.84. The smallest absolute Gasteiger partial charge is 0.0102 e. The van der Waals surface area contributed by atoms with Gasteiger partial charge in [-0.25, -0.2) is 0 Å². The number of rotatable bonds is 3. The minimum Gasteiger partial charge on any atom is -0.152 e. The van der Waals surface area contributed by atoms with E-state index in [9.17, 15) is 0 Å². The van der Waals surface area contributed by atoms with Crippen LogP contribution in [0.1, 0.15) is 48.9 Å². The Hall–Kier alpha value is -0.600. The zero-order chi connectivity index (χ0) is 12.5. The lowest BCUT2D eigenvalue weighted by Crippen LogP contribution is -2.07. The molecule has 17 heavy (non-hydrogen) atoms. The summed E-state index contributed by atoms with van der Waals surface area (Å²) in [4.78, 5) is 3.00. The van der Waals surface area contributed by atoms with E-state index >= 15 is 0 Å². The second kappa shape index (κ2) is 4.95. The van der Waals surface area contributed by atoms with Crippen molar-refractivity contribution in [1.82, 2.24) is 0 Å². The van der Waals surface area contributed by atoms with Gasteiger partial charge in [-0.05, 0) is 52.3 Å². The summed E-state index contributed by atoms with van der Waals surface area (Å²) in [5.41, 5.74) is 1.76. The Balaban J connectivity index is 2.07. The predicted octanol–water partition coefficient (Wildman–Crippen LogP) is 5.45. The lowest BCUT2D eigenvalue weighted by molar-refractivity contribution is 0.604. The Kier molecular flexibility index (Phi) is 3.74. The van der Waals surface area contributed by atoms with Crippen molar-refractivity contribution in [2.24, 2.45) is 0 Å². The highest BCUT2D eigenvalue weighted by molar-refractivity contribution is 7.12. The lowest BCUT2D eigenvalue weighted by atomic mass is 9.95. The Bertz CT molecular complexity index is 457. The molecule has 92 valence electrons. The Morgan fingerprint density at radius 1 is 1.18 bits per heavy atom. The van der Waals surface area contributed by atoms with Gasteiger partial charge in [0.05, 0.1) is 0 Å². The van der Waals surface area contributed by atoms with Crippen molar-refractivity contribution in [3.8, 4) is 0 Å². The molecule has 2 heterocycles. The normalized spacial score (nSPS) is 13.9. The van der Waals surface area contributed by atoms with E-state index in [-0.39, 0.29) is 5.41 Å². The number of hydrogen-bond acceptors (Lipinski definition) is 2. The van der Waals surface area contributed by atoms with Gasteiger partial charge in [0.1, 0.15) is 0 Å². The van der Waals surface area contributed by atoms with E-state index in [0.29, 0.717) is 5.92 Å². The van der Waals surface area contributed by atoms with Gasteiger partial charge < -0.3 is 0 Å². The van der Waals surface area contributed by atoms with Crippen LogP contribution in [0.3, 0.4) is 0 Å². The summed E-state index contributed by atoms with van der Waals surface area (Å²) in [6, 6.07) is 6.84. The van der Waals surface area contributed by atoms with Crippen molar-refractivity contribution in [2.75, 3.05) is 0 Å². The first-order valence-electron chi connectivity index (χ1n) is 6.08. The average Bonchev–Trinajstić information content (AvgIpc) is 2.85. The van der Waals surface area contributed by atoms with E-state index < -0.39 is 0 Å². The first-order valence-corrected chi connectivity index (χ1v) is 7.84. The van der Waals surface area contributed by atoms with Gasteiger partial charge in [0.15, 0.2) is 0 Å². The lowest BCUT2D eigenvalue weighted by Gasteiger charge is -2.15. The second-order valence-electron chi connectivity index (χ2n) is 5.68. The van der Waals surface area contributed by atoms with Crippen LogP contribution < -0.4 is 0 Å². The van der Waals surface area contributed by atoms with Crippen molar-refractivity contribution in [3.63, 3.8) is 0 Å². The van der Waals surface area contributed by atoms with Crippen LogP contribution in [0.4, 0.5) is 0 Å². The van der Waals surface area contributed by atoms with Crippen molar-refractivity contribution in [3.05, 3.63) is 44.3 Å². The molecule has 1 atom stereocenters. The molecule has 2 rings (SSSR count). The Morgan fingerprint density at radius 2 is 1.94 bits per heavy atom. The van der Waals surface area contributed by atoms with Crippen LogP contribution in [0.5, 0.6) is 0 Å². The molecular formula is C15H20S2. The van der Waals surface area contributed by atoms with Crippen molar-refractivity contribution >= 4 is 22.7 Å². The molecule has 0 aliphatic carbocycles. The van der Waals surface area contributed by atoms with Gasteiger partial charge in [0, 0.05) is 9.75 Å². The molecular weight excluding hydrogens is 244 g/mol. The summed E-state index contributed by atoms with van der Waals surface area (Å²) < 4.78 is 0. The van der Waals surface area contributed by atoms with Crippen LogP contribution in [-0.2, 0) is 11.8 Å². The van der Waals surface area contributed by atoms with Gasteiger partial charge in [-0.2, -0.15) is 11.3 Å². The van der Waals surface area contributed by atoms with Crippen molar-refractivity contribution < 1.29 is 0 Å². The highest BCUT2D eigenvalue weighted by Crippen LogP contribution is 2.32. The summed E-state index contributed by atoms with van der Waals surface area (Å²) in [6.45, 7) is 9.17. The van der Waals surface area contributed by atoms with Gasteiger partial charge >= 0.3 is 0 Å². The topological polar surface area (TPSA) is 0 Å². The first-order chi connectivity index (χ1) is 7.97. The fourth-order valence-electron chi connectivity index (χ4n) is 1.87. The molecule has 2 aromatic rings. The molecule has 0 bridgehead atoms. The highest BCUT2D eigenvalue weighted by atomic mass is 32.1. The van der Waals surface area contributed by atoms with Crippen LogP contribution in [0.15, 0.2) is 29.0 Å². The zero-order valence-electron chi connectivity index (χ0n) is 11.0. The third kappa shape index (κ3) is 3.20. The molecule has 0 saturated heterocycles. The Morgan fingerprint density at radius 3 is 2.47 bits per heavy atom. The van der Waals surface area contributed by atoms with Crippen LogP contribution in [0.2, 0.25) is 0 Å². The van der Waals surface area contributed by atoms with Crippen molar-refractivity contribution in [1.29, 1.82) is 0 Å². The maximum absolute atomic E-state index is 2.32. The average molecular weight is 264 g/mol. The standard InChI is InChI=1S/C15H20S2/c1-11(12-7-8-16-10-12)9-13-5-6-14(17-13)15(2,3)4/h5-8,10-11H,9H2,1-4H3. The van der Waals surface area contributed by atoms with Crippen LogP contribution in [0, 0.1) is 0 Å². The molecule has 0 aromatic carbocycles. The van der Waals surface area contributed by atoms with E-state index in [4.69, 9.17) is 0 Å². The molecule has 0 nitrogen and oxygen atoms in total. The zero-order valence-corrected chi connectivity index (χ0v) is 12.6. The van der Waals surface area contributed by atoms with E-state index in [1.807, 2.05) is 11.3 Å². The molecule has 0 aliphatic rings. The van der Waals surface area contributed by atoms with Crippen LogP contribution in [-0.4, -0.2) is 0 Å². The molecule has 0 spiro atoms. The molecule has 0 N–H and O–H groups in total. The minimum absolute atomic E-state index is 0.286. The van der Waals surface area contributed by atoms with Gasteiger partial charge in [-0.1, -0.05) is 27.7 Å². The minimum atomic E-state index is 0.286. The second-order valence-corrected chi connectivity index (χ2v) is 7.63. The SMILES string of the molecule is CC(Cc1ccc(C(C)(C)C)s1)c1ccsc1. The fraction of sp³-hybridized carbons (Fsp3) is 0.467. The van der Waals surface area contributed by atoms with E-state index in [2.05, 4.69) is 56.7 Å². The Labute approximate surface area is 112 Å². The highest BCUT2D eigenvalue weighted by Gasteiger charge is 2.17. The van der Waals surface area contributed by atoms with Gasteiger partial charge in [0.2, 0.25) is 0 Å². The molecule has 1 unspecified atom stereocenters. The summed E-state index contributed by atoms with van der Waals surface area (Å²) >= 11 is 3.76. The third-order valence-electron chi connectivity index (χ3n) is 3.02. The summed E-state index contributed by atoms with van der Waals surface area (Å²) in [5, 5.41) is 4.43. The maximum Gasteiger partial charge on any atom is 0.0102 e. The van der Waals surface area contributed by atoms with Gasteiger partial charge in [-0.15, -0.1) is 11.3 Å². The van der Waals surface area contributed by atoms with Gasteiger partial charge in [0.25, 0.3) is 0 Å². The molecule has 0 saturated carbocycles. The third-order valence-corrected chi connectivity index (χ3v) is 5.26. The van der Waals surface area contributed by atoms with Crippen LogP contribution >= 0.6 is 22.7 Å². The van der Waals surface area contributed by atoms with E-state index in [1.54, 1.807) is 11.3 Å². The quantitative estimate of drug-likeness (QED) is 0.691. The van der Waals surface area contributed by atoms with E-state index in [1.165, 1.54) is 15.3 Å². The van der Waals surface area contributed by atoms with Crippen molar-refractivity contribution in [2.45, 2.75) is 45.4 Å². The molecule has 0 amide bonds. The van der Waals surface area contributed by atoms with E-state index in [0.717, 1.165) is 6.42 Å². The summed E-state index contributed by atoms with van der Waals surface area (Å²) in [6.07, 6.45) is 1.16. The molecule has 2 heteroatoms. The summed E-state index contributed by atoms with van der Waals surface area (Å²) in [5.74, 6) is 0.632. The predicted molar refractivity (Wildman–Crippen MR) is 79.5 cm³/mol. The largest absolute Gasteiger partial charge is 0.152 e. The molecule has 2 aromatic heterocycles. The van der Waals surface area contributed by atoms with Crippen LogP contribution in [0.25, 0.3) is 0 Å². The van der Waals surface area contributed by atoms with Gasteiger partial charge in [-0.3, -0.25) is 0 Å². The first kappa shape index (κ1) is 12.8. The molecule has 0 aliphatic heterocycles. The number of thiophene rings is 2. The maximum atomic E-state index is 2.32. The monoisotopic (exact) mass is 264 g/mol. The summed E-state index contributed by atoms with van der Waals surface area (Å²) in [7, 11) is 0.